The first-order valence-corrected chi connectivity index (χ1v) is 13.7. The number of ether oxygens (including phenoxy) is 2. The number of carbonyl (C=O) groups excluding carboxylic acids is 1. The van der Waals surface area contributed by atoms with Crippen LogP contribution in [0.15, 0.2) is 42.9 Å². The number of anilines is 2. The molecule has 0 spiro atoms. The summed E-state index contributed by atoms with van der Waals surface area (Å²) in [6, 6.07) is 8.53. The molecule has 1 amide bonds. The second-order valence-corrected chi connectivity index (χ2v) is 10.5. The minimum atomic E-state index is 0.182. The van der Waals surface area contributed by atoms with Crippen LogP contribution in [-0.4, -0.2) is 69.6 Å². The number of aryl methyl sites for hydroxylation is 1. The molecule has 38 heavy (non-hydrogen) atoms. The lowest BCUT2D eigenvalue weighted by molar-refractivity contribution is -0.148. The summed E-state index contributed by atoms with van der Waals surface area (Å²) >= 11 is 0. The van der Waals surface area contributed by atoms with E-state index in [1.807, 2.05) is 35.7 Å². The van der Waals surface area contributed by atoms with E-state index >= 15 is 0 Å². The number of likely N-dealkylation sites (tertiary alicyclic amines) is 1. The molecule has 0 bridgehead atoms. The van der Waals surface area contributed by atoms with E-state index < -0.39 is 0 Å². The van der Waals surface area contributed by atoms with Crippen LogP contribution in [-0.2, 0) is 27.2 Å². The Kier molecular flexibility index (Phi) is 8.34. The Bertz CT molecular complexity index is 1240. The molecule has 1 unspecified atom stereocenters. The largest absolute Gasteiger partial charge is 0.383 e. The van der Waals surface area contributed by atoms with E-state index in [1.54, 1.807) is 19.5 Å². The highest BCUT2D eigenvalue weighted by Crippen LogP contribution is 2.36. The molecule has 1 aliphatic heterocycles. The molecule has 1 aliphatic carbocycles. The zero-order valence-corrected chi connectivity index (χ0v) is 22.6. The molecule has 0 saturated carbocycles. The smallest absolute Gasteiger partial charge is 0.227 e. The molecule has 2 aromatic heterocycles. The molecular weight excluding hydrogens is 480 g/mol. The molecule has 1 saturated heterocycles. The first-order valence-electron chi connectivity index (χ1n) is 13.7. The van der Waals surface area contributed by atoms with Crippen molar-refractivity contribution in [2.75, 3.05) is 32.1 Å². The van der Waals surface area contributed by atoms with E-state index in [9.17, 15) is 4.79 Å². The normalized spacial score (nSPS) is 17.7. The van der Waals surface area contributed by atoms with E-state index in [1.165, 1.54) is 11.1 Å². The average molecular weight is 519 g/mol. The van der Waals surface area contributed by atoms with Crippen LogP contribution in [0, 0.1) is 0 Å². The second-order valence-electron chi connectivity index (χ2n) is 10.5. The third kappa shape index (κ3) is 6.39. The number of fused-ring (bicyclic) bond motifs is 1. The van der Waals surface area contributed by atoms with Crippen LogP contribution in [0.4, 0.5) is 11.6 Å². The van der Waals surface area contributed by atoms with Gasteiger partial charge in [0.2, 0.25) is 11.9 Å². The van der Waals surface area contributed by atoms with Crippen LogP contribution < -0.4 is 5.32 Å². The van der Waals surface area contributed by atoms with Crippen molar-refractivity contribution in [2.24, 2.45) is 0 Å². The Hall–Kier alpha value is -3.30. The summed E-state index contributed by atoms with van der Waals surface area (Å²) in [6.45, 7) is 6.81. The van der Waals surface area contributed by atoms with Gasteiger partial charge in [0.15, 0.2) is 0 Å². The van der Waals surface area contributed by atoms with E-state index in [-0.39, 0.29) is 24.0 Å². The molecule has 1 atom stereocenters. The van der Waals surface area contributed by atoms with Crippen molar-refractivity contribution in [3.63, 3.8) is 0 Å². The van der Waals surface area contributed by atoms with E-state index in [0.29, 0.717) is 38.6 Å². The molecule has 1 N–H and O–H groups in total. The fourth-order valence-corrected chi connectivity index (χ4v) is 5.35. The third-order valence-corrected chi connectivity index (χ3v) is 7.28. The van der Waals surface area contributed by atoms with Gasteiger partial charge in [0.05, 0.1) is 42.9 Å². The lowest BCUT2D eigenvalue weighted by atomic mass is 9.88. The molecular formula is C29H38N6O3. The SMILES string of the molecule is COCCn1cc(Nc2nccc(-c3ccc4c(c3)CCCCC4CC(=O)N3CC(OC(C)C)C3)n2)cn1. The Morgan fingerprint density at radius 3 is 2.89 bits per heavy atom. The zero-order valence-electron chi connectivity index (χ0n) is 22.6. The standard InChI is InChI=1S/C29H38N6O3/c1-20(2)38-25-18-34(19-25)28(36)15-22-7-5-4-6-21-14-23(8-9-26(21)22)27-10-11-30-29(33-27)32-24-16-31-35(17-24)12-13-37-3/h8-11,14,16-17,20,22,25H,4-7,12-13,15,18-19H2,1-3H3,(H,30,32,33). The van der Waals surface area contributed by atoms with Crippen LogP contribution in [0.25, 0.3) is 11.3 Å². The number of carbonyl (C=O) groups is 1. The number of methoxy groups -OCH3 is 1. The first kappa shape index (κ1) is 26.3. The van der Waals surface area contributed by atoms with E-state index in [4.69, 9.17) is 14.5 Å². The minimum absolute atomic E-state index is 0.182. The van der Waals surface area contributed by atoms with Crippen molar-refractivity contribution < 1.29 is 14.3 Å². The first-order chi connectivity index (χ1) is 18.5. The molecule has 5 rings (SSSR count). The molecule has 3 heterocycles. The molecule has 3 aromatic rings. The Morgan fingerprint density at radius 2 is 2.08 bits per heavy atom. The molecule has 0 radical (unpaired) electrons. The predicted molar refractivity (Wildman–Crippen MR) is 146 cm³/mol. The Labute approximate surface area is 224 Å². The van der Waals surface area contributed by atoms with Crippen LogP contribution >= 0.6 is 0 Å². The number of amides is 1. The fourth-order valence-electron chi connectivity index (χ4n) is 5.35. The summed E-state index contributed by atoms with van der Waals surface area (Å²) in [5.74, 6) is 1.03. The monoisotopic (exact) mass is 518 g/mol. The maximum absolute atomic E-state index is 13.0. The van der Waals surface area contributed by atoms with Crippen molar-refractivity contribution in [3.05, 3.63) is 54.0 Å². The van der Waals surface area contributed by atoms with E-state index in [2.05, 4.69) is 33.6 Å². The Balaban J connectivity index is 1.26. The highest BCUT2D eigenvalue weighted by Gasteiger charge is 2.33. The van der Waals surface area contributed by atoms with Gasteiger partial charge in [0.25, 0.3) is 0 Å². The molecule has 2 aliphatic rings. The minimum Gasteiger partial charge on any atom is -0.383 e. The van der Waals surface area contributed by atoms with Crippen molar-refractivity contribution in [3.8, 4) is 11.3 Å². The summed E-state index contributed by atoms with van der Waals surface area (Å²) in [7, 11) is 1.68. The van der Waals surface area contributed by atoms with Crippen LogP contribution in [0.5, 0.6) is 0 Å². The van der Waals surface area contributed by atoms with Gasteiger partial charge in [0.1, 0.15) is 0 Å². The Morgan fingerprint density at radius 1 is 1.21 bits per heavy atom. The number of benzene rings is 1. The molecule has 9 nitrogen and oxygen atoms in total. The highest BCUT2D eigenvalue weighted by molar-refractivity contribution is 5.78. The van der Waals surface area contributed by atoms with Gasteiger partial charge in [-0.1, -0.05) is 18.6 Å². The quantitative estimate of drug-likeness (QED) is 0.393. The van der Waals surface area contributed by atoms with E-state index in [0.717, 1.165) is 42.6 Å². The van der Waals surface area contributed by atoms with Crippen molar-refractivity contribution in [1.82, 2.24) is 24.6 Å². The highest BCUT2D eigenvalue weighted by atomic mass is 16.5. The molecule has 1 aromatic carbocycles. The summed E-state index contributed by atoms with van der Waals surface area (Å²) in [6.07, 6.45) is 10.8. The summed E-state index contributed by atoms with van der Waals surface area (Å²) in [5, 5.41) is 7.58. The van der Waals surface area contributed by atoms with Gasteiger partial charge < -0.3 is 19.7 Å². The second kappa shape index (κ2) is 12.0. The van der Waals surface area contributed by atoms with Crippen molar-refractivity contribution >= 4 is 17.5 Å². The molecule has 202 valence electrons. The van der Waals surface area contributed by atoms with Gasteiger partial charge in [0, 0.05) is 44.6 Å². The number of nitrogens with one attached hydrogen (secondary N) is 1. The summed E-state index contributed by atoms with van der Waals surface area (Å²) in [4.78, 5) is 24.1. The predicted octanol–water partition coefficient (Wildman–Crippen LogP) is 4.57. The lowest BCUT2D eigenvalue weighted by Gasteiger charge is -2.40. The number of nitrogens with zero attached hydrogens (tertiary/aromatic N) is 5. The summed E-state index contributed by atoms with van der Waals surface area (Å²) in [5.41, 5.74) is 5.40. The zero-order chi connectivity index (χ0) is 26.5. The van der Waals surface area contributed by atoms with Crippen LogP contribution in [0.3, 0.4) is 0 Å². The average Bonchev–Trinajstić information content (AvgIpc) is 3.23. The lowest BCUT2D eigenvalue weighted by Crippen LogP contribution is -2.55. The van der Waals surface area contributed by atoms with Gasteiger partial charge in [-0.25, -0.2) is 9.97 Å². The van der Waals surface area contributed by atoms with Gasteiger partial charge in [-0.05, 0) is 62.3 Å². The number of hydrogen-bond acceptors (Lipinski definition) is 7. The third-order valence-electron chi connectivity index (χ3n) is 7.28. The fraction of sp³-hybridized carbons (Fsp3) is 0.517. The van der Waals surface area contributed by atoms with Gasteiger partial charge in [-0.15, -0.1) is 0 Å². The van der Waals surface area contributed by atoms with Crippen LogP contribution in [0.2, 0.25) is 0 Å². The summed E-state index contributed by atoms with van der Waals surface area (Å²) < 4.78 is 12.8. The molecule has 9 heteroatoms. The number of rotatable bonds is 10. The maximum atomic E-state index is 13.0. The topological polar surface area (TPSA) is 94.4 Å². The van der Waals surface area contributed by atoms with Gasteiger partial charge in [-0.2, -0.15) is 5.10 Å². The van der Waals surface area contributed by atoms with Gasteiger partial charge >= 0.3 is 0 Å². The van der Waals surface area contributed by atoms with Crippen molar-refractivity contribution in [2.45, 2.75) is 70.6 Å². The van der Waals surface area contributed by atoms with Crippen molar-refractivity contribution in [1.29, 1.82) is 0 Å². The maximum Gasteiger partial charge on any atom is 0.227 e. The number of hydrogen-bond donors (Lipinski definition) is 1. The van der Waals surface area contributed by atoms with Gasteiger partial charge in [-0.3, -0.25) is 9.48 Å². The molecule has 1 fully saturated rings. The number of aromatic nitrogens is 4. The van der Waals surface area contributed by atoms with Crippen LogP contribution in [0.1, 0.15) is 56.6 Å².